The van der Waals surface area contributed by atoms with Gasteiger partial charge in [-0.3, -0.25) is 14.8 Å². The number of benzene rings is 2. The summed E-state index contributed by atoms with van der Waals surface area (Å²) in [5.41, 5.74) is 12.5. The molecular formula is C40H45N7OS2. The SMILES string of the molecule is CC.Nc1ncccc1C1=NC2CC=C(c3ccccc3)N=C2N1c1ccc(CN2CCC(Nc3c(OC4CCCC4)c(=S)c3=S)CC2)cc1. The predicted octanol–water partition coefficient (Wildman–Crippen LogP) is 8.90. The predicted molar refractivity (Wildman–Crippen MR) is 211 cm³/mol. The van der Waals surface area contributed by atoms with Gasteiger partial charge in [0.25, 0.3) is 0 Å². The molecule has 3 N–H and O–H groups in total. The number of rotatable bonds is 9. The Hall–Kier alpha value is -4.25. The van der Waals surface area contributed by atoms with Crippen LogP contribution in [0.2, 0.25) is 0 Å². The Bertz CT molecular complexity index is 1970. The molecule has 4 aliphatic rings. The molecule has 2 fully saturated rings. The maximum atomic E-state index is 6.37. The Morgan fingerprint density at radius 2 is 1.64 bits per heavy atom. The molecular weight excluding hydrogens is 659 g/mol. The average molecular weight is 704 g/mol. The van der Waals surface area contributed by atoms with Gasteiger partial charge < -0.3 is 15.8 Å². The first-order valence-corrected chi connectivity index (χ1v) is 18.8. The van der Waals surface area contributed by atoms with Crippen molar-refractivity contribution in [3.63, 3.8) is 0 Å². The standard InChI is InChI=1S/C38H39N7OS2.C2H6/c39-36-29(11-6-20-40-36)37-43-31-17-16-30(25-7-2-1-3-8-25)42-38(31)45(37)27-14-12-24(13-15-27)23-44-21-18-26(19-22-44)41-32-33(35(48)34(32)47)46-28-9-4-5-10-28;1-2/h1-3,6-8,11-16,20,26,28,31,41H,4-5,9-10,17-19,21-23H2,(H2,39,40);1-2H3. The van der Waals surface area contributed by atoms with E-state index in [0.29, 0.717) is 11.9 Å². The second kappa shape index (κ2) is 15.3. The van der Waals surface area contributed by atoms with E-state index in [2.05, 4.69) is 62.6 Å². The van der Waals surface area contributed by atoms with E-state index in [1.165, 1.54) is 18.4 Å². The molecule has 4 aromatic rings. The zero-order valence-electron chi connectivity index (χ0n) is 28.8. The van der Waals surface area contributed by atoms with E-state index in [1.807, 2.05) is 44.2 Å². The van der Waals surface area contributed by atoms with E-state index in [1.54, 1.807) is 6.20 Å². The van der Waals surface area contributed by atoms with Gasteiger partial charge in [0.1, 0.15) is 28.0 Å². The molecule has 1 saturated heterocycles. The molecule has 258 valence electrons. The number of aliphatic imine (C=N–C) groups is 2. The van der Waals surface area contributed by atoms with Crippen LogP contribution in [0.25, 0.3) is 5.70 Å². The van der Waals surface area contributed by atoms with Gasteiger partial charge in [-0.05, 0) is 80.3 Å². The molecule has 8 rings (SSSR count). The Morgan fingerprint density at radius 3 is 2.36 bits per heavy atom. The summed E-state index contributed by atoms with van der Waals surface area (Å²) in [7, 11) is 0. The molecule has 3 aliphatic heterocycles. The summed E-state index contributed by atoms with van der Waals surface area (Å²) in [5, 5.41) is 3.69. The number of amidine groups is 2. The summed E-state index contributed by atoms with van der Waals surface area (Å²) in [4.78, 5) is 19.3. The molecule has 4 heterocycles. The van der Waals surface area contributed by atoms with Crippen LogP contribution in [0.5, 0.6) is 5.75 Å². The van der Waals surface area contributed by atoms with Crippen molar-refractivity contribution in [1.82, 2.24) is 9.88 Å². The monoisotopic (exact) mass is 703 g/mol. The Morgan fingerprint density at radius 1 is 0.900 bits per heavy atom. The van der Waals surface area contributed by atoms with Gasteiger partial charge in [-0.15, -0.1) is 0 Å². The van der Waals surface area contributed by atoms with Crippen LogP contribution in [0.4, 0.5) is 17.2 Å². The lowest BCUT2D eigenvalue weighted by atomic mass is 10.0. The number of nitrogens with two attached hydrogens (primary N) is 1. The number of nitrogen functional groups attached to an aromatic ring is 1. The highest BCUT2D eigenvalue weighted by atomic mass is 32.1. The van der Waals surface area contributed by atoms with Crippen LogP contribution in [0.1, 0.15) is 75.5 Å². The third-order valence-corrected chi connectivity index (χ3v) is 10.9. The van der Waals surface area contributed by atoms with E-state index < -0.39 is 0 Å². The van der Waals surface area contributed by atoms with Crippen molar-refractivity contribution in [3.8, 4) is 5.75 Å². The van der Waals surface area contributed by atoms with Gasteiger partial charge >= 0.3 is 0 Å². The number of hydrogen-bond donors (Lipinski definition) is 2. The van der Waals surface area contributed by atoms with E-state index in [0.717, 1.165) is 106 Å². The van der Waals surface area contributed by atoms with E-state index in [-0.39, 0.29) is 12.1 Å². The van der Waals surface area contributed by atoms with Crippen molar-refractivity contribution in [1.29, 1.82) is 0 Å². The molecule has 1 atom stereocenters. The molecule has 1 aromatic heterocycles. The summed E-state index contributed by atoms with van der Waals surface area (Å²) in [6.45, 7) is 6.92. The molecule has 0 spiro atoms. The number of nitrogens with zero attached hydrogens (tertiary/aromatic N) is 5. The second-order valence-corrected chi connectivity index (χ2v) is 14.0. The van der Waals surface area contributed by atoms with Crippen molar-refractivity contribution < 1.29 is 4.74 Å². The van der Waals surface area contributed by atoms with Crippen molar-refractivity contribution in [2.75, 3.05) is 29.0 Å². The molecule has 0 bridgehead atoms. The summed E-state index contributed by atoms with van der Waals surface area (Å²) in [6, 6.07) is 23.3. The first kappa shape index (κ1) is 34.2. The van der Waals surface area contributed by atoms with Crippen molar-refractivity contribution in [2.45, 2.75) is 83.5 Å². The lowest BCUT2D eigenvalue weighted by Crippen LogP contribution is -2.39. The van der Waals surface area contributed by atoms with Gasteiger partial charge in [0, 0.05) is 37.6 Å². The highest BCUT2D eigenvalue weighted by Crippen LogP contribution is 2.39. The number of hydrogen-bond acceptors (Lipinski definition) is 10. The Balaban J connectivity index is 0.00000193. The van der Waals surface area contributed by atoms with Crippen molar-refractivity contribution >= 4 is 59.0 Å². The first-order valence-electron chi connectivity index (χ1n) is 18.0. The van der Waals surface area contributed by atoms with Crippen LogP contribution >= 0.6 is 24.4 Å². The summed E-state index contributed by atoms with van der Waals surface area (Å²) < 4.78 is 7.75. The lowest BCUT2D eigenvalue weighted by molar-refractivity contribution is 0.204. The third-order valence-electron chi connectivity index (χ3n) is 9.93. The van der Waals surface area contributed by atoms with E-state index in [4.69, 9.17) is 44.9 Å². The fourth-order valence-corrected chi connectivity index (χ4v) is 7.77. The maximum absolute atomic E-state index is 6.37. The van der Waals surface area contributed by atoms with Gasteiger partial charge in [-0.25, -0.2) is 9.98 Å². The van der Waals surface area contributed by atoms with Gasteiger partial charge in [0.05, 0.1) is 27.6 Å². The number of pyridine rings is 1. The van der Waals surface area contributed by atoms with Crippen LogP contribution in [-0.4, -0.2) is 52.8 Å². The second-order valence-electron chi connectivity index (χ2n) is 13.1. The van der Waals surface area contributed by atoms with Gasteiger partial charge in [0.15, 0.2) is 5.75 Å². The first-order chi connectivity index (χ1) is 24.5. The largest absolute Gasteiger partial charge is 0.487 e. The average Bonchev–Trinajstić information content (AvgIpc) is 3.83. The molecule has 3 aromatic carbocycles. The van der Waals surface area contributed by atoms with Gasteiger partial charge in [-0.1, -0.05) is 86.8 Å². The Labute approximate surface area is 305 Å². The molecule has 0 amide bonds. The highest BCUT2D eigenvalue weighted by molar-refractivity contribution is 7.74. The van der Waals surface area contributed by atoms with Crippen LogP contribution in [0.15, 0.2) is 89.0 Å². The minimum atomic E-state index is -0.0763. The minimum absolute atomic E-state index is 0.0763. The van der Waals surface area contributed by atoms with Crippen LogP contribution in [0, 0.1) is 9.02 Å². The van der Waals surface area contributed by atoms with Crippen molar-refractivity contribution in [2.24, 2.45) is 9.98 Å². The number of fused-ring (bicyclic) bond motifs is 1. The summed E-state index contributed by atoms with van der Waals surface area (Å²) in [6.07, 6.45) is 11.7. The summed E-state index contributed by atoms with van der Waals surface area (Å²) in [5.74, 6) is 2.99. The smallest absolute Gasteiger partial charge is 0.163 e. The quantitative estimate of drug-likeness (QED) is 0.167. The molecule has 0 radical (unpaired) electrons. The number of ether oxygens (including phenoxy) is 1. The topological polar surface area (TPSA) is 91.4 Å². The Kier molecular flexibility index (Phi) is 10.5. The zero-order valence-corrected chi connectivity index (χ0v) is 30.5. The number of aromatic nitrogens is 1. The van der Waals surface area contributed by atoms with Crippen molar-refractivity contribution in [3.05, 3.63) is 105 Å². The summed E-state index contributed by atoms with van der Waals surface area (Å²) >= 11 is 11.1. The highest BCUT2D eigenvalue weighted by Gasteiger charge is 2.37. The van der Waals surface area contributed by atoms with Crippen LogP contribution < -0.4 is 20.7 Å². The molecule has 1 unspecified atom stereocenters. The van der Waals surface area contributed by atoms with Crippen LogP contribution in [-0.2, 0) is 6.54 Å². The molecule has 1 saturated carbocycles. The van der Waals surface area contributed by atoms with Gasteiger partial charge in [0.2, 0.25) is 0 Å². The number of likely N-dealkylation sites (tertiary alicyclic amines) is 1. The van der Waals surface area contributed by atoms with Crippen LogP contribution in [0.3, 0.4) is 0 Å². The van der Waals surface area contributed by atoms with Gasteiger partial charge in [-0.2, -0.15) is 0 Å². The fourth-order valence-electron chi connectivity index (χ4n) is 7.27. The molecule has 1 aliphatic carbocycles. The number of nitrogens with one attached hydrogen (secondary N) is 1. The number of piperidine rings is 1. The normalized spacial score (nSPS) is 19.7. The van der Waals surface area contributed by atoms with E-state index in [9.17, 15) is 0 Å². The van der Waals surface area contributed by atoms with E-state index >= 15 is 0 Å². The molecule has 8 nitrogen and oxygen atoms in total. The molecule has 10 heteroatoms. The molecule has 50 heavy (non-hydrogen) atoms. The third kappa shape index (κ3) is 7.02. The lowest BCUT2D eigenvalue weighted by Gasteiger charge is -2.34. The fraction of sp³-hybridized carbons (Fsp3) is 0.375. The minimum Gasteiger partial charge on any atom is -0.487 e. The zero-order chi connectivity index (χ0) is 34.6. The maximum Gasteiger partial charge on any atom is 0.163 e. The number of anilines is 3.